The van der Waals surface area contributed by atoms with E-state index in [9.17, 15) is 4.79 Å². The van der Waals surface area contributed by atoms with E-state index in [0.717, 1.165) is 0 Å². The Hall–Kier alpha value is 0.01000. The smallest absolute Gasteiger partial charge is 0.291 e. The highest BCUT2D eigenvalue weighted by atomic mass is 35.5. The summed E-state index contributed by atoms with van der Waals surface area (Å²) in [4.78, 5) is 11.3. The first-order valence-corrected chi connectivity index (χ1v) is 4.42. The molecule has 0 spiro atoms. The van der Waals surface area contributed by atoms with Gasteiger partial charge in [0.05, 0.1) is 5.54 Å². The van der Waals surface area contributed by atoms with E-state index in [-0.39, 0.29) is 6.03 Å². The molecule has 0 aliphatic carbocycles. The molecule has 12 heavy (non-hydrogen) atoms. The first-order chi connectivity index (χ1) is 5.13. The van der Waals surface area contributed by atoms with E-state index >= 15 is 0 Å². The van der Waals surface area contributed by atoms with E-state index in [1.54, 1.807) is 0 Å². The number of nitrogens with one attached hydrogen (secondary N) is 1. The van der Waals surface area contributed by atoms with Crippen LogP contribution in [-0.2, 0) is 0 Å². The van der Waals surface area contributed by atoms with E-state index in [2.05, 4.69) is 5.32 Å². The zero-order valence-corrected chi connectivity index (χ0v) is 9.12. The van der Waals surface area contributed by atoms with Crippen molar-refractivity contribution in [1.82, 2.24) is 5.32 Å². The Kier molecular flexibility index (Phi) is 1.92. The van der Waals surface area contributed by atoms with Gasteiger partial charge in [-0.2, -0.15) is 0 Å². The van der Waals surface area contributed by atoms with Crippen molar-refractivity contribution in [3.05, 3.63) is 0 Å². The third kappa shape index (κ3) is 0.966. The zero-order valence-electron chi connectivity index (χ0n) is 7.61. The first kappa shape index (κ1) is 10.1. The third-order valence-corrected chi connectivity index (χ3v) is 4.06. The molecule has 0 atom stereocenters. The van der Waals surface area contributed by atoms with Gasteiger partial charge in [0.2, 0.25) is 0 Å². The normalized spacial score (nSPS) is 30.0. The molecule has 3 nitrogen and oxygen atoms in total. The minimum absolute atomic E-state index is 0.367. The van der Waals surface area contributed by atoms with E-state index in [0.29, 0.717) is 0 Å². The lowest BCUT2D eigenvalue weighted by molar-refractivity contribution is -0.657. The van der Waals surface area contributed by atoms with E-state index < -0.39 is 14.6 Å². The number of nitrogens with zero attached hydrogens (tertiary/aromatic N) is 1. The number of urea groups is 1. The quantitative estimate of drug-likeness (QED) is 0.613. The van der Waals surface area contributed by atoms with Crippen LogP contribution in [0.4, 0.5) is 4.79 Å². The summed E-state index contributed by atoms with van der Waals surface area (Å²) >= 11 is 11.8. The Balaban J connectivity index is 3.19. The molecule has 2 amide bonds. The molecule has 0 bridgehead atoms. The summed E-state index contributed by atoms with van der Waals surface area (Å²) in [7, 11) is 0. The highest BCUT2D eigenvalue weighted by Gasteiger charge is 2.66. The molecular formula is C7H13Cl2N2O+. The zero-order chi connectivity index (χ0) is 9.78. The number of halogens is 2. The topological polar surface area (TPSA) is 29.1 Å². The number of carbonyl (C=O) groups is 1. The summed E-state index contributed by atoms with van der Waals surface area (Å²) < 4.78 is -0.653. The Morgan fingerprint density at radius 3 is 1.75 bits per heavy atom. The van der Waals surface area contributed by atoms with Gasteiger partial charge < -0.3 is 0 Å². The Bertz CT molecular complexity index is 236. The molecule has 0 unspecified atom stereocenters. The maximum absolute atomic E-state index is 11.3. The van der Waals surface area contributed by atoms with Gasteiger partial charge in [-0.15, -0.1) is 0 Å². The van der Waals surface area contributed by atoms with Crippen LogP contribution < -0.4 is 5.32 Å². The third-order valence-electron chi connectivity index (χ3n) is 2.91. The van der Waals surface area contributed by atoms with E-state index in [1.807, 2.05) is 27.7 Å². The average Bonchev–Trinajstić information content (AvgIpc) is 1.92. The van der Waals surface area contributed by atoms with Crippen molar-refractivity contribution >= 4 is 29.6 Å². The van der Waals surface area contributed by atoms with Gasteiger partial charge in [0, 0.05) is 0 Å². The first-order valence-electron chi connectivity index (χ1n) is 3.74. The molecule has 1 fully saturated rings. The van der Waals surface area contributed by atoms with E-state index in [1.165, 1.54) is 0 Å². The second kappa shape index (κ2) is 2.28. The fraction of sp³-hybridized carbons (Fsp3) is 0.857. The molecule has 1 N–H and O–H groups in total. The lowest BCUT2D eigenvalue weighted by Crippen LogP contribution is -2.55. The van der Waals surface area contributed by atoms with Crippen LogP contribution >= 0.6 is 23.6 Å². The van der Waals surface area contributed by atoms with Gasteiger partial charge in [-0.05, 0) is 31.2 Å². The van der Waals surface area contributed by atoms with Crippen LogP contribution in [-0.4, -0.2) is 20.6 Å². The molecule has 0 saturated carbocycles. The molecule has 1 aliphatic heterocycles. The molecule has 5 heteroatoms. The van der Waals surface area contributed by atoms with Crippen molar-refractivity contribution in [3.63, 3.8) is 0 Å². The standard InChI is InChI=1S/C7H12Cl2N2O/c1-6(2)7(3,4)11(8,9)5(12)10-6/h1-4H3/p+1. The summed E-state index contributed by atoms with van der Waals surface area (Å²) in [6.07, 6.45) is 0. The van der Waals surface area contributed by atoms with Crippen LogP contribution in [0.3, 0.4) is 0 Å². The SMILES string of the molecule is CC1(C)NC(=O)[N+](Cl)(Cl)C1(C)C. The Labute approximate surface area is 82.4 Å². The highest BCUT2D eigenvalue weighted by molar-refractivity contribution is 6.30. The van der Waals surface area contributed by atoms with Crippen molar-refractivity contribution in [3.8, 4) is 0 Å². The predicted molar refractivity (Wildman–Crippen MR) is 48.7 cm³/mol. The molecule has 0 aromatic rings. The van der Waals surface area contributed by atoms with Gasteiger partial charge in [0.25, 0.3) is 0 Å². The fourth-order valence-corrected chi connectivity index (χ4v) is 1.60. The van der Waals surface area contributed by atoms with Crippen LogP contribution in [0.25, 0.3) is 0 Å². The minimum Gasteiger partial charge on any atom is -0.291 e. The maximum atomic E-state index is 11.3. The van der Waals surface area contributed by atoms with Crippen molar-refractivity contribution < 1.29 is 8.32 Å². The van der Waals surface area contributed by atoms with Crippen LogP contribution in [0, 0.1) is 0 Å². The van der Waals surface area contributed by atoms with Crippen molar-refractivity contribution in [1.29, 1.82) is 0 Å². The van der Waals surface area contributed by atoms with Crippen LogP contribution in [0.15, 0.2) is 0 Å². The fourth-order valence-electron chi connectivity index (χ4n) is 1.10. The molecule has 70 valence electrons. The number of rotatable bonds is 0. The largest absolute Gasteiger partial charge is 0.454 e. The Morgan fingerprint density at radius 1 is 1.25 bits per heavy atom. The summed E-state index contributed by atoms with van der Waals surface area (Å²) in [5.41, 5.74) is -0.930. The van der Waals surface area contributed by atoms with Crippen LogP contribution in [0.2, 0.25) is 0 Å². The number of hydrogen-bond donors (Lipinski definition) is 1. The van der Waals surface area contributed by atoms with E-state index in [4.69, 9.17) is 23.6 Å². The summed E-state index contributed by atoms with van der Waals surface area (Å²) in [6, 6.07) is -0.367. The molecular weight excluding hydrogens is 199 g/mol. The second-order valence-corrected chi connectivity index (χ2v) is 5.32. The van der Waals surface area contributed by atoms with Gasteiger partial charge >= 0.3 is 6.03 Å². The molecule has 0 aromatic carbocycles. The maximum Gasteiger partial charge on any atom is 0.454 e. The Morgan fingerprint density at radius 2 is 1.67 bits per heavy atom. The molecule has 1 aliphatic rings. The van der Waals surface area contributed by atoms with Gasteiger partial charge in [-0.25, -0.2) is 4.79 Å². The lowest BCUT2D eigenvalue weighted by atomic mass is 9.85. The summed E-state index contributed by atoms with van der Waals surface area (Å²) in [5, 5.41) is 2.74. The van der Waals surface area contributed by atoms with Crippen LogP contribution in [0.5, 0.6) is 0 Å². The predicted octanol–water partition coefficient (Wildman–Crippen LogP) is 2.39. The molecule has 1 saturated heterocycles. The molecule has 1 heterocycles. The molecule has 0 aromatic heterocycles. The minimum atomic E-state index is -0.653. The highest BCUT2D eigenvalue weighted by Crippen LogP contribution is 2.44. The van der Waals surface area contributed by atoms with Crippen LogP contribution in [0.1, 0.15) is 27.7 Å². The van der Waals surface area contributed by atoms with Gasteiger partial charge in [-0.3, -0.25) is 5.32 Å². The number of quaternary nitrogens is 1. The average molecular weight is 212 g/mol. The molecule has 0 radical (unpaired) electrons. The number of hydrogen-bond acceptors (Lipinski definition) is 1. The van der Waals surface area contributed by atoms with Crippen molar-refractivity contribution in [2.75, 3.05) is 0 Å². The number of amides is 2. The van der Waals surface area contributed by atoms with Crippen molar-refractivity contribution in [2.45, 2.75) is 38.8 Å². The number of carbonyl (C=O) groups excluding carboxylic acids is 1. The van der Waals surface area contributed by atoms with Gasteiger partial charge in [0.15, 0.2) is 29.1 Å². The van der Waals surface area contributed by atoms with Crippen molar-refractivity contribution in [2.24, 2.45) is 0 Å². The lowest BCUT2D eigenvalue weighted by Gasteiger charge is -2.33. The van der Waals surface area contributed by atoms with Gasteiger partial charge in [0.1, 0.15) is 0 Å². The molecule has 1 rings (SSSR count). The monoisotopic (exact) mass is 211 g/mol. The summed E-state index contributed by atoms with van der Waals surface area (Å²) in [5.74, 6) is 0. The van der Waals surface area contributed by atoms with Gasteiger partial charge in [-0.1, -0.05) is 0 Å². The second-order valence-electron chi connectivity index (χ2n) is 4.13. The summed E-state index contributed by atoms with van der Waals surface area (Å²) in [6.45, 7) is 7.50.